The van der Waals surface area contributed by atoms with Gasteiger partial charge < -0.3 is 10.2 Å². The number of nitrogens with one attached hydrogen (secondary N) is 1. The molecule has 2 atom stereocenters. The summed E-state index contributed by atoms with van der Waals surface area (Å²) in [6.45, 7) is 12.4. The molecule has 2 unspecified atom stereocenters. The molecular weight excluding hydrogens is 368 g/mol. The molecule has 2 rings (SSSR count). The SMILES string of the molecule is CCCN(CCC1(C)CC1CSC(C)=O)C(=O)NCC1=CC=C(C)CC(C)=C1. The van der Waals surface area contributed by atoms with Gasteiger partial charge in [0.1, 0.15) is 0 Å². The van der Waals surface area contributed by atoms with Gasteiger partial charge in [0.25, 0.3) is 0 Å². The average molecular weight is 405 g/mol. The number of carbonyl (C=O) groups excluding carboxylic acids is 2. The van der Waals surface area contributed by atoms with Crippen LogP contribution < -0.4 is 5.32 Å². The first-order valence-corrected chi connectivity index (χ1v) is 11.4. The summed E-state index contributed by atoms with van der Waals surface area (Å²) < 4.78 is 0. The lowest BCUT2D eigenvalue weighted by molar-refractivity contribution is -0.109. The molecule has 0 spiro atoms. The third-order valence-electron chi connectivity index (χ3n) is 5.77. The molecule has 0 bridgehead atoms. The second kappa shape index (κ2) is 10.3. The van der Waals surface area contributed by atoms with E-state index in [1.807, 2.05) is 4.90 Å². The average Bonchev–Trinajstić information content (AvgIpc) is 3.32. The molecule has 0 radical (unpaired) electrons. The molecule has 0 aromatic carbocycles. The summed E-state index contributed by atoms with van der Waals surface area (Å²) in [5, 5.41) is 3.30. The Balaban J connectivity index is 1.83. The van der Waals surface area contributed by atoms with Gasteiger partial charge in [-0.1, -0.05) is 55.0 Å². The van der Waals surface area contributed by atoms with E-state index in [1.54, 1.807) is 6.92 Å². The molecule has 2 aliphatic rings. The molecule has 2 amide bonds. The smallest absolute Gasteiger partial charge is 0.317 e. The van der Waals surface area contributed by atoms with Crippen LogP contribution in [0.2, 0.25) is 0 Å². The number of allylic oxidation sites excluding steroid dienone is 4. The first kappa shape index (κ1) is 22.8. The van der Waals surface area contributed by atoms with Crippen LogP contribution in [0.15, 0.2) is 34.9 Å². The van der Waals surface area contributed by atoms with Crippen LogP contribution in [0.5, 0.6) is 0 Å². The van der Waals surface area contributed by atoms with Crippen molar-refractivity contribution in [2.75, 3.05) is 25.4 Å². The molecule has 1 fully saturated rings. The minimum Gasteiger partial charge on any atom is -0.334 e. The van der Waals surface area contributed by atoms with Gasteiger partial charge in [0.15, 0.2) is 5.12 Å². The summed E-state index contributed by atoms with van der Waals surface area (Å²) in [4.78, 5) is 25.9. The van der Waals surface area contributed by atoms with Crippen LogP contribution in [0, 0.1) is 11.3 Å². The molecule has 0 saturated heterocycles. The molecule has 28 heavy (non-hydrogen) atoms. The topological polar surface area (TPSA) is 49.4 Å². The van der Waals surface area contributed by atoms with Crippen molar-refractivity contribution in [2.45, 2.75) is 60.3 Å². The Bertz CT molecular complexity index is 680. The Morgan fingerprint density at radius 3 is 2.68 bits per heavy atom. The molecule has 2 aliphatic carbocycles. The number of amides is 2. The van der Waals surface area contributed by atoms with E-state index in [2.05, 4.69) is 51.2 Å². The van der Waals surface area contributed by atoms with Crippen molar-refractivity contribution in [2.24, 2.45) is 11.3 Å². The molecule has 0 heterocycles. The summed E-state index contributed by atoms with van der Waals surface area (Å²) >= 11 is 1.43. The Morgan fingerprint density at radius 1 is 1.25 bits per heavy atom. The number of rotatable bonds is 9. The second-order valence-corrected chi connectivity index (χ2v) is 9.87. The maximum absolute atomic E-state index is 12.7. The zero-order chi connectivity index (χ0) is 20.7. The summed E-state index contributed by atoms with van der Waals surface area (Å²) in [6, 6.07) is 0.0256. The summed E-state index contributed by atoms with van der Waals surface area (Å²) in [6.07, 6.45) is 10.6. The van der Waals surface area contributed by atoms with Crippen molar-refractivity contribution in [1.82, 2.24) is 10.2 Å². The number of thioether (sulfide) groups is 1. The second-order valence-electron chi connectivity index (χ2n) is 8.68. The Hall–Kier alpha value is -1.49. The van der Waals surface area contributed by atoms with E-state index in [4.69, 9.17) is 0 Å². The highest BCUT2D eigenvalue weighted by Crippen LogP contribution is 2.56. The Morgan fingerprint density at radius 2 is 2.00 bits per heavy atom. The van der Waals surface area contributed by atoms with E-state index in [1.165, 1.54) is 22.9 Å². The van der Waals surface area contributed by atoms with Crippen molar-refractivity contribution in [3.05, 3.63) is 34.9 Å². The van der Waals surface area contributed by atoms with Crippen LogP contribution in [0.25, 0.3) is 0 Å². The highest BCUT2D eigenvalue weighted by molar-refractivity contribution is 8.13. The monoisotopic (exact) mass is 404 g/mol. The van der Waals surface area contributed by atoms with E-state index >= 15 is 0 Å². The zero-order valence-corrected chi connectivity index (χ0v) is 19.0. The van der Waals surface area contributed by atoms with Crippen LogP contribution in [0.4, 0.5) is 4.79 Å². The van der Waals surface area contributed by atoms with Crippen molar-refractivity contribution in [3.8, 4) is 0 Å². The normalized spacial score (nSPS) is 23.9. The van der Waals surface area contributed by atoms with Gasteiger partial charge in [0.2, 0.25) is 0 Å². The van der Waals surface area contributed by atoms with E-state index < -0.39 is 0 Å². The van der Waals surface area contributed by atoms with Crippen molar-refractivity contribution in [3.63, 3.8) is 0 Å². The Labute approximate surface area is 174 Å². The number of nitrogens with zero attached hydrogens (tertiary/aromatic N) is 1. The molecule has 1 saturated carbocycles. The summed E-state index contributed by atoms with van der Waals surface area (Å²) in [7, 11) is 0. The summed E-state index contributed by atoms with van der Waals surface area (Å²) in [5.41, 5.74) is 4.10. The first-order valence-electron chi connectivity index (χ1n) is 10.4. The minimum absolute atomic E-state index is 0.0256. The zero-order valence-electron chi connectivity index (χ0n) is 18.1. The number of hydrogen-bond acceptors (Lipinski definition) is 3. The first-order chi connectivity index (χ1) is 13.2. The van der Waals surface area contributed by atoms with Gasteiger partial charge in [-0.2, -0.15) is 0 Å². The van der Waals surface area contributed by atoms with Gasteiger partial charge >= 0.3 is 6.03 Å². The predicted molar refractivity (Wildman–Crippen MR) is 119 cm³/mol. The fourth-order valence-electron chi connectivity index (χ4n) is 3.83. The van der Waals surface area contributed by atoms with E-state index in [-0.39, 0.29) is 16.6 Å². The van der Waals surface area contributed by atoms with Crippen molar-refractivity contribution in [1.29, 1.82) is 0 Å². The number of hydrogen-bond donors (Lipinski definition) is 1. The highest BCUT2D eigenvalue weighted by Gasteiger charge is 2.49. The van der Waals surface area contributed by atoms with Gasteiger partial charge in [0.05, 0.1) is 0 Å². The van der Waals surface area contributed by atoms with Gasteiger partial charge in [-0.25, -0.2) is 4.79 Å². The largest absolute Gasteiger partial charge is 0.334 e. The van der Waals surface area contributed by atoms with E-state index in [9.17, 15) is 9.59 Å². The standard InChI is InChI=1S/C23H36N2O2S/c1-6-10-25(11-9-23(5)14-21(23)16-28-19(4)26)22(27)24-15-20-8-7-17(2)12-18(3)13-20/h7-8,13,21H,6,9-12,14-16H2,1-5H3,(H,24,27). The highest BCUT2D eigenvalue weighted by atomic mass is 32.2. The molecule has 5 heteroatoms. The molecular formula is C23H36N2O2S. The van der Waals surface area contributed by atoms with Crippen molar-refractivity contribution >= 4 is 22.9 Å². The maximum Gasteiger partial charge on any atom is 0.317 e. The summed E-state index contributed by atoms with van der Waals surface area (Å²) in [5.74, 6) is 1.52. The fourth-order valence-corrected chi connectivity index (χ4v) is 4.78. The predicted octanol–water partition coefficient (Wildman–Crippen LogP) is 5.33. The quantitative estimate of drug-likeness (QED) is 0.565. The fraction of sp³-hybridized carbons (Fsp3) is 0.652. The van der Waals surface area contributed by atoms with E-state index in [0.29, 0.717) is 12.5 Å². The van der Waals surface area contributed by atoms with Crippen LogP contribution in [0.1, 0.15) is 60.3 Å². The molecule has 1 N–H and O–H groups in total. The van der Waals surface area contributed by atoms with Crippen LogP contribution >= 0.6 is 11.8 Å². The lowest BCUT2D eigenvalue weighted by Crippen LogP contribution is -2.42. The number of urea groups is 1. The van der Waals surface area contributed by atoms with Gasteiger partial charge in [-0.3, -0.25) is 4.79 Å². The van der Waals surface area contributed by atoms with Gasteiger partial charge in [-0.15, -0.1) is 0 Å². The van der Waals surface area contributed by atoms with Gasteiger partial charge in [0, 0.05) is 32.3 Å². The minimum atomic E-state index is 0.0256. The van der Waals surface area contributed by atoms with E-state index in [0.717, 1.165) is 50.1 Å². The molecule has 0 aromatic heterocycles. The van der Waals surface area contributed by atoms with Crippen LogP contribution in [0.3, 0.4) is 0 Å². The maximum atomic E-state index is 12.7. The molecule has 4 nitrogen and oxygen atoms in total. The third-order valence-corrected chi connectivity index (χ3v) is 6.75. The van der Waals surface area contributed by atoms with Crippen LogP contribution in [-0.2, 0) is 4.79 Å². The molecule has 156 valence electrons. The third kappa shape index (κ3) is 7.16. The van der Waals surface area contributed by atoms with Crippen molar-refractivity contribution < 1.29 is 9.59 Å². The lowest BCUT2D eigenvalue weighted by Gasteiger charge is -2.24. The molecule has 0 aliphatic heterocycles. The molecule has 0 aromatic rings. The Kier molecular flexibility index (Phi) is 8.41. The lowest BCUT2D eigenvalue weighted by atomic mass is 10.0. The van der Waals surface area contributed by atoms with Crippen LogP contribution in [-0.4, -0.2) is 41.4 Å². The van der Waals surface area contributed by atoms with Gasteiger partial charge in [-0.05, 0) is 56.4 Å². The number of carbonyl (C=O) groups is 2.